The third-order valence-electron chi connectivity index (χ3n) is 0.950. The molecule has 6 heavy (non-hydrogen) atoms. The van der Waals surface area contributed by atoms with Crippen LogP contribution in [0.3, 0.4) is 0 Å². The van der Waals surface area contributed by atoms with E-state index in [-0.39, 0.29) is 0 Å². The highest BCUT2D eigenvalue weighted by Gasteiger charge is 2.20. The molecule has 1 fully saturated rings. The Morgan fingerprint density at radius 3 is 2.83 bits per heavy atom. The smallest absolute Gasteiger partial charge is 0.0493 e. The van der Waals surface area contributed by atoms with E-state index in [9.17, 15) is 0 Å². The van der Waals surface area contributed by atoms with Gasteiger partial charge >= 0.3 is 0 Å². The van der Waals surface area contributed by atoms with Crippen molar-refractivity contribution in [2.75, 3.05) is 13.7 Å². The maximum absolute atomic E-state index is 4.83. The zero-order chi connectivity index (χ0) is 4.41. The van der Waals surface area contributed by atoms with E-state index in [0.29, 0.717) is 0 Å². The van der Waals surface area contributed by atoms with Crippen LogP contribution in [0.1, 0.15) is 6.42 Å². The Hall–Kier alpha value is -0.0400. The Morgan fingerprint density at radius 2 is 2.67 bits per heavy atom. The van der Waals surface area contributed by atoms with Crippen molar-refractivity contribution in [3.63, 3.8) is 0 Å². The second-order valence-electron chi connectivity index (χ2n) is 1.69. The molecule has 35 valence electrons. The average Bonchev–Trinajstić information content (AvgIpc) is 2.21. The molecule has 0 aromatic heterocycles. The highest BCUT2D eigenvalue weighted by atomic mass is 16.5. The van der Waals surface area contributed by atoms with Gasteiger partial charge in [-0.25, -0.2) is 0 Å². The molecule has 1 heteroatoms. The van der Waals surface area contributed by atoms with Crippen molar-refractivity contribution in [2.45, 2.75) is 6.42 Å². The Morgan fingerprint density at radius 1 is 2.00 bits per heavy atom. The first kappa shape index (κ1) is 4.13. The lowest BCUT2D eigenvalue weighted by molar-refractivity contribution is 0.189. The lowest BCUT2D eigenvalue weighted by Gasteiger charge is -1.87. The van der Waals surface area contributed by atoms with Crippen molar-refractivity contribution in [1.82, 2.24) is 0 Å². The van der Waals surface area contributed by atoms with E-state index in [2.05, 4.69) is 6.42 Å². The SMILES string of the molecule is COCC1[CH]C1. The summed E-state index contributed by atoms with van der Waals surface area (Å²) in [6.07, 6.45) is 3.53. The van der Waals surface area contributed by atoms with Gasteiger partial charge in [-0.2, -0.15) is 0 Å². The van der Waals surface area contributed by atoms with Gasteiger partial charge < -0.3 is 4.74 Å². The van der Waals surface area contributed by atoms with Gasteiger partial charge in [0.15, 0.2) is 0 Å². The van der Waals surface area contributed by atoms with E-state index in [0.717, 1.165) is 12.5 Å². The molecule has 0 amide bonds. The van der Waals surface area contributed by atoms with E-state index in [1.165, 1.54) is 6.42 Å². The van der Waals surface area contributed by atoms with Gasteiger partial charge in [0.05, 0.1) is 0 Å². The van der Waals surface area contributed by atoms with Crippen LogP contribution in [-0.2, 0) is 4.74 Å². The van der Waals surface area contributed by atoms with E-state index in [1.54, 1.807) is 7.11 Å². The minimum Gasteiger partial charge on any atom is -0.384 e. The van der Waals surface area contributed by atoms with Gasteiger partial charge in [-0.3, -0.25) is 0 Å². The van der Waals surface area contributed by atoms with Crippen LogP contribution < -0.4 is 0 Å². The molecule has 0 bridgehead atoms. The van der Waals surface area contributed by atoms with Crippen LogP contribution in [0.25, 0.3) is 0 Å². The van der Waals surface area contributed by atoms with Gasteiger partial charge in [-0.05, 0) is 18.8 Å². The van der Waals surface area contributed by atoms with E-state index < -0.39 is 0 Å². The Kier molecular flexibility index (Phi) is 1.10. The molecule has 1 saturated carbocycles. The monoisotopic (exact) mass is 85.1 g/mol. The van der Waals surface area contributed by atoms with Crippen molar-refractivity contribution in [3.05, 3.63) is 6.42 Å². The first-order valence-electron chi connectivity index (χ1n) is 2.26. The third kappa shape index (κ3) is 0.977. The van der Waals surface area contributed by atoms with Crippen molar-refractivity contribution in [1.29, 1.82) is 0 Å². The van der Waals surface area contributed by atoms with Crippen molar-refractivity contribution < 1.29 is 4.74 Å². The van der Waals surface area contributed by atoms with Gasteiger partial charge in [0.2, 0.25) is 0 Å². The number of rotatable bonds is 2. The predicted octanol–water partition coefficient (Wildman–Crippen LogP) is 0.857. The number of ether oxygens (including phenoxy) is 1. The third-order valence-corrected chi connectivity index (χ3v) is 0.950. The van der Waals surface area contributed by atoms with Crippen molar-refractivity contribution in [3.8, 4) is 0 Å². The summed E-state index contributed by atoms with van der Waals surface area (Å²) in [6, 6.07) is 0. The van der Waals surface area contributed by atoms with Crippen LogP contribution in [-0.4, -0.2) is 13.7 Å². The summed E-state index contributed by atoms with van der Waals surface area (Å²) in [7, 11) is 1.74. The zero-order valence-electron chi connectivity index (χ0n) is 3.98. The molecule has 0 saturated heterocycles. The molecule has 0 aromatic carbocycles. The highest BCUT2D eigenvalue weighted by Crippen LogP contribution is 2.26. The minimum atomic E-state index is 0.801. The first-order chi connectivity index (χ1) is 2.93. The Labute approximate surface area is 38.3 Å². The predicted molar refractivity (Wildman–Crippen MR) is 24.3 cm³/mol. The van der Waals surface area contributed by atoms with Crippen LogP contribution in [0.2, 0.25) is 0 Å². The van der Waals surface area contributed by atoms with Crippen LogP contribution in [0, 0.1) is 12.3 Å². The van der Waals surface area contributed by atoms with Crippen molar-refractivity contribution in [2.24, 2.45) is 5.92 Å². The van der Waals surface area contributed by atoms with Gasteiger partial charge in [0.25, 0.3) is 0 Å². The summed E-state index contributed by atoms with van der Waals surface area (Å²) in [5.41, 5.74) is 0. The van der Waals surface area contributed by atoms with Crippen LogP contribution in [0.15, 0.2) is 0 Å². The van der Waals surface area contributed by atoms with Gasteiger partial charge in [0, 0.05) is 13.7 Å². The van der Waals surface area contributed by atoms with Crippen LogP contribution in [0.5, 0.6) is 0 Å². The van der Waals surface area contributed by atoms with Gasteiger partial charge in [0.1, 0.15) is 0 Å². The molecule has 1 unspecified atom stereocenters. The standard InChI is InChI=1S/C5H9O/c1-6-4-5-2-3-5/h2,5H,3-4H2,1H3. The summed E-state index contributed by atoms with van der Waals surface area (Å²) in [4.78, 5) is 0. The lowest BCUT2D eigenvalue weighted by Crippen LogP contribution is -1.87. The largest absolute Gasteiger partial charge is 0.384 e. The molecule has 1 nitrogen and oxygen atoms in total. The first-order valence-corrected chi connectivity index (χ1v) is 2.26. The highest BCUT2D eigenvalue weighted by molar-refractivity contribution is 4.93. The quantitative estimate of drug-likeness (QED) is 0.483. The molecule has 0 heterocycles. The number of methoxy groups -OCH3 is 1. The molecule has 0 aliphatic heterocycles. The molecule has 1 rings (SSSR count). The second kappa shape index (κ2) is 1.61. The van der Waals surface area contributed by atoms with Gasteiger partial charge in [-0.1, -0.05) is 0 Å². The fourth-order valence-corrected chi connectivity index (χ4v) is 0.446. The molecule has 0 N–H and O–H groups in total. The summed E-state index contributed by atoms with van der Waals surface area (Å²) < 4.78 is 4.83. The topological polar surface area (TPSA) is 9.23 Å². The van der Waals surface area contributed by atoms with Gasteiger partial charge in [-0.15, -0.1) is 0 Å². The zero-order valence-corrected chi connectivity index (χ0v) is 3.98. The van der Waals surface area contributed by atoms with Crippen LogP contribution >= 0.6 is 0 Å². The molecular weight excluding hydrogens is 76.1 g/mol. The number of hydrogen-bond donors (Lipinski definition) is 0. The maximum atomic E-state index is 4.83. The van der Waals surface area contributed by atoms with E-state index >= 15 is 0 Å². The van der Waals surface area contributed by atoms with Crippen molar-refractivity contribution >= 4 is 0 Å². The Balaban J connectivity index is 1.88. The Bertz CT molecular complexity index is 39.2. The molecule has 0 aromatic rings. The van der Waals surface area contributed by atoms with Crippen LogP contribution in [0.4, 0.5) is 0 Å². The summed E-state index contributed by atoms with van der Waals surface area (Å²) in [5, 5.41) is 0. The molecule has 1 atom stereocenters. The fraction of sp³-hybridized carbons (Fsp3) is 0.800. The maximum Gasteiger partial charge on any atom is 0.0493 e. The van der Waals surface area contributed by atoms with E-state index in [4.69, 9.17) is 4.74 Å². The normalized spacial score (nSPS) is 21.5. The summed E-state index contributed by atoms with van der Waals surface area (Å²) in [6.45, 7) is 0.931. The summed E-state index contributed by atoms with van der Waals surface area (Å²) >= 11 is 0. The minimum absolute atomic E-state index is 0.801. The average molecular weight is 85.1 g/mol. The molecule has 1 radical (unpaired) electrons. The number of hydrogen-bond acceptors (Lipinski definition) is 1. The second-order valence-corrected chi connectivity index (χ2v) is 1.69. The molecule has 0 spiro atoms. The molecule has 1 aliphatic rings. The lowest BCUT2D eigenvalue weighted by atomic mass is 10.5. The molecule has 1 aliphatic carbocycles. The fourth-order valence-electron chi connectivity index (χ4n) is 0.446. The molecular formula is C5H9O. The summed E-state index contributed by atoms with van der Waals surface area (Å²) in [5.74, 6) is 0.801. The van der Waals surface area contributed by atoms with E-state index in [1.807, 2.05) is 0 Å².